The molecule has 0 saturated carbocycles. The van der Waals surface area contributed by atoms with Crippen LogP contribution in [0.4, 0.5) is 0 Å². The van der Waals surface area contributed by atoms with E-state index < -0.39 is 6.10 Å². The van der Waals surface area contributed by atoms with E-state index in [1.165, 1.54) is 0 Å². The summed E-state index contributed by atoms with van der Waals surface area (Å²) >= 11 is 0. The average molecular weight is 158 g/mol. The molecule has 0 bridgehead atoms. The zero-order valence-corrected chi connectivity index (χ0v) is 7.63. The Labute approximate surface area is 68.6 Å². The lowest BCUT2D eigenvalue weighted by atomic mass is 10.0. The van der Waals surface area contributed by atoms with Gasteiger partial charge in [0.25, 0.3) is 0 Å². The number of ketones is 1. The maximum atomic E-state index is 11.1. The van der Waals surface area contributed by atoms with Crippen LogP contribution >= 0.6 is 0 Å². The van der Waals surface area contributed by atoms with Crippen LogP contribution in [0, 0.1) is 5.92 Å². The summed E-state index contributed by atoms with van der Waals surface area (Å²) < 4.78 is 0. The molecular formula is C9H18O2. The van der Waals surface area contributed by atoms with E-state index in [0.717, 1.165) is 12.8 Å². The number of carbonyl (C=O) groups excluding carboxylic acids is 1. The van der Waals surface area contributed by atoms with E-state index in [1.807, 2.05) is 20.8 Å². The topological polar surface area (TPSA) is 37.3 Å². The Morgan fingerprint density at radius 2 is 2.00 bits per heavy atom. The molecule has 2 heteroatoms. The lowest BCUT2D eigenvalue weighted by Gasteiger charge is -2.10. The number of aliphatic hydroxyl groups excluding tert-OH is 1. The van der Waals surface area contributed by atoms with Crippen LogP contribution in [0.15, 0.2) is 0 Å². The Bertz CT molecular complexity index is 119. The molecule has 1 N–H and O–H groups in total. The van der Waals surface area contributed by atoms with Gasteiger partial charge in [0.1, 0.15) is 6.10 Å². The summed E-state index contributed by atoms with van der Waals surface area (Å²) in [6.45, 7) is 5.68. The van der Waals surface area contributed by atoms with E-state index in [4.69, 9.17) is 0 Å². The van der Waals surface area contributed by atoms with Crippen molar-refractivity contribution in [1.29, 1.82) is 0 Å². The first-order valence-corrected chi connectivity index (χ1v) is 4.31. The van der Waals surface area contributed by atoms with Crippen molar-refractivity contribution in [3.8, 4) is 0 Å². The van der Waals surface area contributed by atoms with Crippen molar-refractivity contribution in [2.45, 2.75) is 46.1 Å². The molecule has 0 unspecified atom stereocenters. The minimum Gasteiger partial charge on any atom is -0.385 e. The molecule has 0 heterocycles. The molecule has 0 aromatic carbocycles. The molecule has 0 rings (SSSR count). The summed E-state index contributed by atoms with van der Waals surface area (Å²) in [7, 11) is 0. The number of rotatable bonds is 5. The summed E-state index contributed by atoms with van der Waals surface area (Å²) in [5.41, 5.74) is 0. The molecule has 0 saturated heterocycles. The molecule has 0 aromatic heterocycles. The molecule has 2 nitrogen and oxygen atoms in total. The van der Waals surface area contributed by atoms with Crippen LogP contribution in [0.25, 0.3) is 0 Å². The average Bonchev–Trinajstić information content (AvgIpc) is 1.98. The van der Waals surface area contributed by atoms with Crippen molar-refractivity contribution in [2.24, 2.45) is 5.92 Å². The van der Waals surface area contributed by atoms with E-state index >= 15 is 0 Å². The minimum atomic E-state index is -0.727. The molecule has 1 atom stereocenters. The third-order valence-electron chi connectivity index (χ3n) is 1.73. The number of aliphatic hydroxyl groups is 1. The van der Waals surface area contributed by atoms with Gasteiger partial charge in [0.2, 0.25) is 0 Å². The minimum absolute atomic E-state index is 0.0292. The third-order valence-corrected chi connectivity index (χ3v) is 1.73. The van der Waals surface area contributed by atoms with Gasteiger partial charge in [-0.1, -0.05) is 33.6 Å². The zero-order valence-electron chi connectivity index (χ0n) is 7.63. The highest BCUT2D eigenvalue weighted by Crippen LogP contribution is 2.06. The molecule has 0 aliphatic carbocycles. The number of hydrogen-bond donors (Lipinski definition) is 1. The summed E-state index contributed by atoms with van der Waals surface area (Å²) in [6.07, 6.45) is 1.85. The standard InChI is InChI=1S/C9H18O2/c1-4-5-6-8(10)9(11)7(2)3/h7-8,10H,4-6H2,1-3H3/t8-/m0/s1. The molecule has 11 heavy (non-hydrogen) atoms. The van der Waals surface area contributed by atoms with E-state index in [1.54, 1.807) is 0 Å². The first-order chi connectivity index (χ1) is 5.09. The van der Waals surface area contributed by atoms with Crippen molar-refractivity contribution in [3.63, 3.8) is 0 Å². The van der Waals surface area contributed by atoms with Crippen molar-refractivity contribution in [2.75, 3.05) is 0 Å². The summed E-state index contributed by atoms with van der Waals surface area (Å²) in [6, 6.07) is 0. The van der Waals surface area contributed by atoms with Crippen molar-refractivity contribution < 1.29 is 9.90 Å². The van der Waals surface area contributed by atoms with Gasteiger partial charge < -0.3 is 5.11 Å². The second-order valence-corrected chi connectivity index (χ2v) is 3.22. The fraction of sp³-hybridized carbons (Fsp3) is 0.889. The normalized spacial score (nSPS) is 13.5. The number of unbranched alkanes of at least 4 members (excludes halogenated alkanes) is 1. The van der Waals surface area contributed by atoms with Gasteiger partial charge in [0.15, 0.2) is 5.78 Å². The van der Waals surface area contributed by atoms with Crippen LogP contribution < -0.4 is 0 Å². The smallest absolute Gasteiger partial charge is 0.163 e. The number of hydrogen-bond acceptors (Lipinski definition) is 2. The van der Waals surface area contributed by atoms with Gasteiger partial charge >= 0.3 is 0 Å². The fourth-order valence-electron chi connectivity index (χ4n) is 0.925. The Morgan fingerprint density at radius 1 is 1.45 bits per heavy atom. The van der Waals surface area contributed by atoms with E-state index in [0.29, 0.717) is 6.42 Å². The van der Waals surface area contributed by atoms with Gasteiger partial charge in [0.05, 0.1) is 0 Å². The van der Waals surface area contributed by atoms with Gasteiger partial charge in [-0.3, -0.25) is 4.79 Å². The summed E-state index contributed by atoms with van der Waals surface area (Å²) in [4.78, 5) is 11.1. The quantitative estimate of drug-likeness (QED) is 0.662. The monoisotopic (exact) mass is 158 g/mol. The highest BCUT2D eigenvalue weighted by molar-refractivity contribution is 5.84. The van der Waals surface area contributed by atoms with Crippen LogP contribution in [0.3, 0.4) is 0 Å². The van der Waals surface area contributed by atoms with E-state index in [9.17, 15) is 9.90 Å². The zero-order chi connectivity index (χ0) is 8.85. The molecule has 0 amide bonds. The van der Waals surface area contributed by atoms with Crippen LogP contribution in [-0.2, 0) is 4.79 Å². The maximum Gasteiger partial charge on any atom is 0.163 e. The van der Waals surface area contributed by atoms with Gasteiger partial charge in [-0.25, -0.2) is 0 Å². The Hall–Kier alpha value is -0.370. The second-order valence-electron chi connectivity index (χ2n) is 3.22. The Morgan fingerprint density at radius 3 is 2.36 bits per heavy atom. The number of carbonyl (C=O) groups is 1. The highest BCUT2D eigenvalue weighted by atomic mass is 16.3. The largest absolute Gasteiger partial charge is 0.385 e. The van der Waals surface area contributed by atoms with Gasteiger partial charge in [0, 0.05) is 5.92 Å². The summed E-state index contributed by atoms with van der Waals surface area (Å²) in [5, 5.41) is 9.27. The van der Waals surface area contributed by atoms with Crippen molar-refractivity contribution >= 4 is 5.78 Å². The van der Waals surface area contributed by atoms with Crippen LogP contribution in [0.5, 0.6) is 0 Å². The molecule has 0 spiro atoms. The van der Waals surface area contributed by atoms with Gasteiger partial charge in [-0.15, -0.1) is 0 Å². The van der Waals surface area contributed by atoms with E-state index in [-0.39, 0.29) is 11.7 Å². The second kappa shape index (κ2) is 5.30. The Balaban J connectivity index is 3.64. The molecule has 0 aliphatic heterocycles. The molecular weight excluding hydrogens is 140 g/mol. The Kier molecular flexibility index (Phi) is 5.12. The first-order valence-electron chi connectivity index (χ1n) is 4.31. The lowest BCUT2D eigenvalue weighted by molar-refractivity contribution is -0.130. The van der Waals surface area contributed by atoms with Crippen molar-refractivity contribution in [1.82, 2.24) is 0 Å². The molecule has 0 aromatic rings. The first kappa shape index (κ1) is 10.6. The molecule has 0 fully saturated rings. The fourth-order valence-corrected chi connectivity index (χ4v) is 0.925. The van der Waals surface area contributed by atoms with Crippen molar-refractivity contribution in [3.05, 3.63) is 0 Å². The van der Waals surface area contributed by atoms with Gasteiger partial charge in [-0.2, -0.15) is 0 Å². The SMILES string of the molecule is CCCC[C@H](O)C(=O)C(C)C. The molecule has 66 valence electrons. The van der Waals surface area contributed by atoms with Crippen LogP contribution in [-0.4, -0.2) is 17.0 Å². The predicted octanol–water partition coefficient (Wildman–Crippen LogP) is 1.76. The highest BCUT2D eigenvalue weighted by Gasteiger charge is 2.16. The summed E-state index contributed by atoms with van der Waals surface area (Å²) in [5.74, 6) is -0.0692. The van der Waals surface area contributed by atoms with Crippen LogP contribution in [0.2, 0.25) is 0 Å². The predicted molar refractivity (Wildman–Crippen MR) is 45.4 cm³/mol. The van der Waals surface area contributed by atoms with Gasteiger partial charge in [-0.05, 0) is 6.42 Å². The van der Waals surface area contributed by atoms with Crippen LogP contribution in [0.1, 0.15) is 40.0 Å². The lowest BCUT2D eigenvalue weighted by Crippen LogP contribution is -2.24. The van der Waals surface area contributed by atoms with E-state index in [2.05, 4.69) is 0 Å². The maximum absolute atomic E-state index is 11.1. The number of Topliss-reactive ketones (excluding diaryl/α,β-unsaturated/α-hetero) is 1. The molecule has 0 radical (unpaired) electrons. The third kappa shape index (κ3) is 4.14. The molecule has 0 aliphatic rings.